The van der Waals surface area contributed by atoms with Gasteiger partial charge in [0.05, 0.1) is 12.2 Å². The summed E-state index contributed by atoms with van der Waals surface area (Å²) in [5.74, 6) is 0.278. The van der Waals surface area contributed by atoms with Crippen LogP contribution in [0.1, 0.15) is 25.7 Å². The van der Waals surface area contributed by atoms with Crippen LogP contribution >= 0.6 is 23.2 Å². The van der Waals surface area contributed by atoms with Crippen LogP contribution in [0.4, 0.5) is 10.5 Å². The van der Waals surface area contributed by atoms with Gasteiger partial charge in [-0.2, -0.15) is 0 Å². The number of amides is 2. The standard InChI is InChI=1S/C14H15Cl2N3O/c15-9-5-10(16)7-12(6-9)19-13(17)8-18(14(19)20)11-3-1-2-4-11/h5-7,11,17H,1-4,8H2. The zero-order valence-corrected chi connectivity index (χ0v) is 12.4. The third kappa shape index (κ3) is 2.38. The highest BCUT2D eigenvalue weighted by Crippen LogP contribution is 2.32. The molecule has 6 heteroatoms. The van der Waals surface area contributed by atoms with Crippen molar-refractivity contribution in [3.63, 3.8) is 0 Å². The second-order valence-corrected chi connectivity index (χ2v) is 6.13. The van der Waals surface area contributed by atoms with Crippen LogP contribution in [0, 0.1) is 5.41 Å². The van der Waals surface area contributed by atoms with Crippen molar-refractivity contribution >= 4 is 40.8 Å². The van der Waals surface area contributed by atoms with E-state index in [1.807, 2.05) is 0 Å². The summed E-state index contributed by atoms with van der Waals surface area (Å²) in [6, 6.07) is 5.07. The van der Waals surface area contributed by atoms with Crippen molar-refractivity contribution in [2.75, 3.05) is 11.4 Å². The Balaban J connectivity index is 1.89. The Hall–Kier alpha value is -1.26. The Labute approximate surface area is 127 Å². The number of carbonyl (C=O) groups excluding carboxylic acids is 1. The van der Waals surface area contributed by atoms with E-state index in [2.05, 4.69) is 0 Å². The summed E-state index contributed by atoms with van der Waals surface area (Å²) >= 11 is 12.0. The molecule has 3 rings (SSSR count). The minimum Gasteiger partial charge on any atom is -0.314 e. The molecule has 0 radical (unpaired) electrons. The number of amidine groups is 1. The molecule has 106 valence electrons. The van der Waals surface area contributed by atoms with Crippen molar-refractivity contribution in [1.29, 1.82) is 5.41 Å². The zero-order valence-electron chi connectivity index (χ0n) is 10.9. The second-order valence-electron chi connectivity index (χ2n) is 5.26. The Morgan fingerprint density at radius 3 is 2.30 bits per heavy atom. The first kappa shape index (κ1) is 13.7. The third-order valence-corrected chi connectivity index (χ3v) is 4.33. The number of hydrogen-bond donors (Lipinski definition) is 1. The molecule has 2 amide bonds. The molecule has 0 aromatic heterocycles. The lowest BCUT2D eigenvalue weighted by Gasteiger charge is -2.23. The quantitative estimate of drug-likeness (QED) is 0.876. The molecule has 0 spiro atoms. The fourth-order valence-corrected chi connectivity index (χ4v) is 3.49. The smallest absolute Gasteiger partial charge is 0.314 e. The van der Waals surface area contributed by atoms with Gasteiger partial charge in [0.1, 0.15) is 5.84 Å². The predicted octanol–water partition coefficient (Wildman–Crippen LogP) is 4.16. The van der Waals surface area contributed by atoms with E-state index < -0.39 is 0 Å². The molecule has 1 heterocycles. The topological polar surface area (TPSA) is 47.4 Å². The Morgan fingerprint density at radius 2 is 1.70 bits per heavy atom. The van der Waals surface area contributed by atoms with Gasteiger partial charge in [-0.05, 0) is 31.0 Å². The van der Waals surface area contributed by atoms with Crippen molar-refractivity contribution in [2.45, 2.75) is 31.7 Å². The van der Waals surface area contributed by atoms with E-state index in [4.69, 9.17) is 28.6 Å². The number of nitrogens with one attached hydrogen (secondary N) is 1. The largest absolute Gasteiger partial charge is 0.330 e. The van der Waals surface area contributed by atoms with Crippen LogP contribution in [-0.2, 0) is 0 Å². The minimum absolute atomic E-state index is 0.139. The average Bonchev–Trinajstić information content (AvgIpc) is 2.96. The molecule has 1 saturated carbocycles. The molecule has 0 atom stereocenters. The van der Waals surface area contributed by atoms with Gasteiger partial charge in [0.25, 0.3) is 0 Å². The monoisotopic (exact) mass is 311 g/mol. The van der Waals surface area contributed by atoms with Crippen LogP contribution in [0.15, 0.2) is 18.2 Å². The minimum atomic E-state index is -0.139. The van der Waals surface area contributed by atoms with Gasteiger partial charge in [-0.15, -0.1) is 0 Å². The van der Waals surface area contributed by atoms with Gasteiger partial charge in [-0.1, -0.05) is 36.0 Å². The fraction of sp³-hybridized carbons (Fsp3) is 0.429. The fourth-order valence-electron chi connectivity index (χ4n) is 2.98. The van der Waals surface area contributed by atoms with E-state index in [1.165, 1.54) is 4.90 Å². The Kier molecular flexibility index (Phi) is 3.61. The van der Waals surface area contributed by atoms with E-state index in [1.54, 1.807) is 23.1 Å². The maximum absolute atomic E-state index is 12.6. The molecule has 4 nitrogen and oxygen atoms in total. The van der Waals surface area contributed by atoms with Crippen LogP contribution in [-0.4, -0.2) is 29.4 Å². The first-order valence-electron chi connectivity index (χ1n) is 6.70. The summed E-state index contributed by atoms with van der Waals surface area (Å²) in [7, 11) is 0. The first-order chi connectivity index (χ1) is 9.56. The predicted molar refractivity (Wildman–Crippen MR) is 81.0 cm³/mol. The molecular formula is C14H15Cl2N3O. The third-order valence-electron chi connectivity index (χ3n) is 3.90. The Morgan fingerprint density at radius 1 is 1.10 bits per heavy atom. The van der Waals surface area contributed by atoms with Crippen LogP contribution in [0.5, 0.6) is 0 Å². The van der Waals surface area contributed by atoms with Gasteiger partial charge in [0.15, 0.2) is 0 Å². The summed E-state index contributed by atoms with van der Waals surface area (Å²) in [5.41, 5.74) is 0.568. The van der Waals surface area contributed by atoms with E-state index in [0.29, 0.717) is 22.3 Å². The number of carbonyl (C=O) groups is 1. The average molecular weight is 312 g/mol. The molecule has 1 aromatic rings. The summed E-state index contributed by atoms with van der Waals surface area (Å²) < 4.78 is 0. The van der Waals surface area contributed by atoms with Crippen LogP contribution in [0.25, 0.3) is 0 Å². The van der Waals surface area contributed by atoms with E-state index in [-0.39, 0.29) is 17.9 Å². The van der Waals surface area contributed by atoms with E-state index in [0.717, 1.165) is 25.7 Å². The van der Waals surface area contributed by atoms with Gasteiger partial charge in [0.2, 0.25) is 0 Å². The lowest BCUT2D eigenvalue weighted by molar-refractivity contribution is 0.202. The Bertz CT molecular complexity index is 549. The lowest BCUT2D eigenvalue weighted by atomic mass is 10.2. The van der Waals surface area contributed by atoms with Gasteiger partial charge < -0.3 is 4.90 Å². The first-order valence-corrected chi connectivity index (χ1v) is 7.46. The molecule has 1 aliphatic carbocycles. The highest BCUT2D eigenvalue weighted by Gasteiger charge is 2.39. The molecule has 0 unspecified atom stereocenters. The highest BCUT2D eigenvalue weighted by atomic mass is 35.5. The van der Waals surface area contributed by atoms with Crippen molar-refractivity contribution < 1.29 is 4.79 Å². The molecule has 0 bridgehead atoms. The molecule has 20 heavy (non-hydrogen) atoms. The molecule has 1 saturated heterocycles. The zero-order chi connectivity index (χ0) is 14.3. The van der Waals surface area contributed by atoms with Crippen LogP contribution in [0.3, 0.4) is 0 Å². The molecule has 1 aromatic carbocycles. The van der Waals surface area contributed by atoms with Crippen molar-refractivity contribution in [1.82, 2.24) is 4.90 Å². The lowest BCUT2D eigenvalue weighted by Crippen LogP contribution is -2.38. The summed E-state index contributed by atoms with van der Waals surface area (Å²) in [5, 5.41) is 9.02. The maximum Gasteiger partial charge on any atom is 0.330 e. The van der Waals surface area contributed by atoms with Crippen molar-refractivity contribution in [3.8, 4) is 0 Å². The molecule has 2 fully saturated rings. The number of urea groups is 1. The van der Waals surface area contributed by atoms with Crippen molar-refractivity contribution in [3.05, 3.63) is 28.2 Å². The SMILES string of the molecule is N=C1CN(C2CCCC2)C(=O)N1c1cc(Cl)cc(Cl)c1. The van der Waals surface area contributed by atoms with Crippen molar-refractivity contribution in [2.24, 2.45) is 0 Å². The van der Waals surface area contributed by atoms with Gasteiger partial charge in [-0.25, -0.2) is 9.69 Å². The number of halogens is 2. The number of nitrogens with zero attached hydrogens (tertiary/aromatic N) is 2. The van der Waals surface area contributed by atoms with Gasteiger partial charge in [0, 0.05) is 16.1 Å². The van der Waals surface area contributed by atoms with Crippen LogP contribution in [0.2, 0.25) is 10.0 Å². The van der Waals surface area contributed by atoms with Gasteiger partial charge >= 0.3 is 6.03 Å². The normalized spacial score (nSPS) is 20.3. The molecule has 2 aliphatic rings. The summed E-state index contributed by atoms with van der Waals surface area (Å²) in [6.45, 7) is 0.369. The van der Waals surface area contributed by atoms with Crippen LogP contribution < -0.4 is 4.90 Å². The maximum atomic E-state index is 12.6. The van der Waals surface area contributed by atoms with E-state index in [9.17, 15) is 4.79 Å². The number of rotatable bonds is 2. The summed E-state index contributed by atoms with van der Waals surface area (Å²) in [4.78, 5) is 15.7. The second kappa shape index (κ2) is 5.26. The molecule has 1 aliphatic heterocycles. The number of anilines is 1. The summed E-state index contributed by atoms with van der Waals surface area (Å²) in [6.07, 6.45) is 4.38. The molecule has 1 N–H and O–H groups in total. The number of benzene rings is 1. The van der Waals surface area contributed by atoms with E-state index >= 15 is 0 Å². The highest BCUT2D eigenvalue weighted by molar-refractivity contribution is 6.35. The number of hydrogen-bond acceptors (Lipinski definition) is 2. The van der Waals surface area contributed by atoms with Gasteiger partial charge in [-0.3, -0.25) is 5.41 Å². The molecular weight excluding hydrogens is 297 g/mol.